The zero-order chi connectivity index (χ0) is 22.6. The van der Waals surface area contributed by atoms with Crippen LogP contribution in [0.5, 0.6) is 5.75 Å². The van der Waals surface area contributed by atoms with Gasteiger partial charge < -0.3 is 9.64 Å². The minimum absolute atomic E-state index is 0.00212. The topological polar surface area (TPSA) is 72.7 Å². The molecule has 0 fully saturated rings. The van der Waals surface area contributed by atoms with Crippen LogP contribution in [0.4, 0.5) is 18.9 Å². The van der Waals surface area contributed by atoms with Crippen LogP contribution in [0.15, 0.2) is 60.2 Å². The molecule has 10 heteroatoms. The molecule has 3 rings (SSSR count). The van der Waals surface area contributed by atoms with Gasteiger partial charge in [0.2, 0.25) is 5.91 Å². The number of halogens is 4. The minimum Gasteiger partial charge on any atom is -0.488 e. The molecular formula is C21H16ClF3N2O4. The Labute approximate surface area is 180 Å². The highest BCUT2D eigenvalue weighted by atomic mass is 35.5. The maximum absolute atomic E-state index is 13.0. The molecule has 0 radical (unpaired) electrons. The molecule has 0 atom stereocenters. The lowest BCUT2D eigenvalue weighted by molar-refractivity contribution is -0.385. The van der Waals surface area contributed by atoms with Gasteiger partial charge in [0.05, 0.1) is 11.5 Å². The van der Waals surface area contributed by atoms with E-state index in [1.54, 1.807) is 24.3 Å². The second-order valence-corrected chi connectivity index (χ2v) is 7.16. The van der Waals surface area contributed by atoms with Crippen LogP contribution in [-0.2, 0) is 11.3 Å². The number of benzene rings is 2. The fourth-order valence-electron chi connectivity index (χ4n) is 3.00. The smallest absolute Gasteiger partial charge is 0.406 e. The Kier molecular flexibility index (Phi) is 6.65. The SMILES string of the molecule is O=C(/C=C/C1=Cc2cc(Cl)ccc2OC1)N(Cc1ccccc1[N+](=O)[O-])CC(F)(F)F. The number of nitrogens with zero attached hydrogens (tertiary/aromatic N) is 2. The molecule has 0 spiro atoms. The lowest BCUT2D eigenvalue weighted by Crippen LogP contribution is -2.37. The first-order valence-corrected chi connectivity index (χ1v) is 9.39. The molecule has 0 saturated carbocycles. The molecule has 1 aliphatic rings. The zero-order valence-electron chi connectivity index (χ0n) is 15.9. The van der Waals surface area contributed by atoms with Crippen molar-refractivity contribution in [2.75, 3.05) is 13.2 Å². The van der Waals surface area contributed by atoms with Gasteiger partial charge in [-0.15, -0.1) is 0 Å². The average molecular weight is 453 g/mol. The zero-order valence-corrected chi connectivity index (χ0v) is 16.7. The van der Waals surface area contributed by atoms with E-state index in [1.807, 2.05) is 0 Å². The molecule has 0 aliphatic carbocycles. The number of nitro groups is 1. The Hall–Kier alpha value is -3.33. The Balaban J connectivity index is 1.82. The molecule has 0 aromatic heterocycles. The summed E-state index contributed by atoms with van der Waals surface area (Å²) in [6, 6.07) is 10.4. The summed E-state index contributed by atoms with van der Waals surface area (Å²) in [5, 5.41) is 11.6. The number of nitro benzene ring substituents is 1. The quantitative estimate of drug-likeness (QED) is 0.344. The second kappa shape index (κ2) is 9.22. The number of carbonyl (C=O) groups is 1. The van der Waals surface area contributed by atoms with Crippen molar-refractivity contribution in [3.05, 3.63) is 86.5 Å². The first-order chi connectivity index (χ1) is 14.6. The van der Waals surface area contributed by atoms with Gasteiger partial charge in [-0.3, -0.25) is 14.9 Å². The van der Waals surface area contributed by atoms with Gasteiger partial charge >= 0.3 is 6.18 Å². The number of para-hydroxylation sites is 1. The Morgan fingerprint density at radius 3 is 2.71 bits per heavy atom. The summed E-state index contributed by atoms with van der Waals surface area (Å²) >= 11 is 5.95. The van der Waals surface area contributed by atoms with Gasteiger partial charge in [-0.2, -0.15) is 13.2 Å². The third-order valence-electron chi connectivity index (χ3n) is 4.38. The van der Waals surface area contributed by atoms with Crippen molar-refractivity contribution >= 4 is 29.3 Å². The third-order valence-corrected chi connectivity index (χ3v) is 4.61. The monoisotopic (exact) mass is 452 g/mol. The van der Waals surface area contributed by atoms with Crippen molar-refractivity contribution in [1.29, 1.82) is 0 Å². The van der Waals surface area contributed by atoms with Crippen molar-refractivity contribution < 1.29 is 27.6 Å². The molecule has 162 valence electrons. The van der Waals surface area contributed by atoms with Gasteiger partial charge in [0.25, 0.3) is 5.69 Å². The van der Waals surface area contributed by atoms with Crippen molar-refractivity contribution in [2.45, 2.75) is 12.7 Å². The van der Waals surface area contributed by atoms with E-state index >= 15 is 0 Å². The maximum Gasteiger partial charge on any atom is 0.406 e. The lowest BCUT2D eigenvalue weighted by atomic mass is 10.1. The predicted octanol–water partition coefficient (Wildman–Crippen LogP) is 5.17. The fourth-order valence-corrected chi connectivity index (χ4v) is 3.18. The van der Waals surface area contributed by atoms with E-state index in [-0.39, 0.29) is 17.9 Å². The number of alkyl halides is 3. The molecule has 1 heterocycles. The van der Waals surface area contributed by atoms with E-state index < -0.39 is 30.1 Å². The van der Waals surface area contributed by atoms with E-state index in [0.29, 0.717) is 26.8 Å². The fraction of sp³-hybridized carbons (Fsp3) is 0.190. The molecular weight excluding hydrogens is 437 g/mol. The predicted molar refractivity (Wildman–Crippen MR) is 109 cm³/mol. The number of amides is 1. The summed E-state index contributed by atoms with van der Waals surface area (Å²) in [4.78, 5) is 23.5. The van der Waals surface area contributed by atoms with Crippen LogP contribution in [0.25, 0.3) is 6.08 Å². The van der Waals surface area contributed by atoms with Gasteiger partial charge in [0.15, 0.2) is 0 Å². The molecule has 0 N–H and O–H groups in total. The summed E-state index contributed by atoms with van der Waals surface area (Å²) in [6.07, 6.45) is -0.610. The Morgan fingerprint density at radius 1 is 1.26 bits per heavy atom. The largest absolute Gasteiger partial charge is 0.488 e. The Bertz CT molecular complexity index is 1070. The average Bonchev–Trinajstić information content (AvgIpc) is 2.70. The highest BCUT2D eigenvalue weighted by Gasteiger charge is 2.33. The molecule has 6 nitrogen and oxygen atoms in total. The number of hydrogen-bond acceptors (Lipinski definition) is 4. The van der Waals surface area contributed by atoms with Crippen molar-refractivity contribution in [3.63, 3.8) is 0 Å². The van der Waals surface area contributed by atoms with Gasteiger partial charge in [0.1, 0.15) is 18.9 Å². The normalized spacial score (nSPS) is 13.4. The van der Waals surface area contributed by atoms with E-state index in [9.17, 15) is 28.1 Å². The van der Waals surface area contributed by atoms with Crippen LogP contribution in [0.3, 0.4) is 0 Å². The number of hydrogen-bond donors (Lipinski definition) is 0. The number of ether oxygens (including phenoxy) is 1. The minimum atomic E-state index is -4.67. The summed E-state index contributed by atoms with van der Waals surface area (Å²) in [5.74, 6) is -0.337. The number of rotatable bonds is 6. The van der Waals surface area contributed by atoms with E-state index in [2.05, 4.69) is 0 Å². The second-order valence-electron chi connectivity index (χ2n) is 6.72. The van der Waals surface area contributed by atoms with Crippen LogP contribution < -0.4 is 4.74 Å². The first-order valence-electron chi connectivity index (χ1n) is 9.01. The van der Waals surface area contributed by atoms with Gasteiger partial charge in [-0.05, 0) is 29.8 Å². The molecule has 1 aliphatic heterocycles. The molecule has 2 aromatic rings. The van der Waals surface area contributed by atoms with E-state index in [4.69, 9.17) is 16.3 Å². The maximum atomic E-state index is 13.0. The van der Waals surface area contributed by atoms with Gasteiger partial charge in [-0.25, -0.2) is 0 Å². The van der Waals surface area contributed by atoms with Crippen LogP contribution in [-0.4, -0.2) is 35.1 Å². The molecule has 0 unspecified atom stereocenters. The summed E-state index contributed by atoms with van der Waals surface area (Å²) < 4.78 is 44.6. The van der Waals surface area contributed by atoms with Gasteiger partial charge in [0, 0.05) is 28.3 Å². The lowest BCUT2D eigenvalue weighted by Gasteiger charge is -2.23. The standard InChI is InChI=1S/C21H16ClF3N2O4/c22-17-6-7-19-16(10-17)9-14(12-31-19)5-8-20(28)26(13-21(23,24)25)11-15-3-1-2-4-18(15)27(29)30/h1-10H,11-13H2/b8-5+. The highest BCUT2D eigenvalue weighted by Crippen LogP contribution is 2.29. The van der Waals surface area contributed by atoms with Crippen molar-refractivity contribution in [1.82, 2.24) is 4.90 Å². The summed E-state index contributed by atoms with van der Waals surface area (Å²) in [5.41, 5.74) is 0.879. The molecule has 2 aromatic carbocycles. The molecule has 0 saturated heterocycles. The summed E-state index contributed by atoms with van der Waals surface area (Å²) in [7, 11) is 0. The summed E-state index contributed by atoms with van der Waals surface area (Å²) in [6.45, 7) is -1.98. The first kappa shape index (κ1) is 22.4. The van der Waals surface area contributed by atoms with Crippen LogP contribution in [0.1, 0.15) is 11.1 Å². The van der Waals surface area contributed by atoms with Gasteiger partial charge in [-0.1, -0.05) is 35.9 Å². The van der Waals surface area contributed by atoms with Crippen LogP contribution in [0, 0.1) is 10.1 Å². The van der Waals surface area contributed by atoms with Crippen molar-refractivity contribution in [3.8, 4) is 5.75 Å². The number of carbonyl (C=O) groups excluding carboxylic acids is 1. The molecule has 0 bridgehead atoms. The van der Waals surface area contributed by atoms with Crippen molar-refractivity contribution in [2.24, 2.45) is 0 Å². The van der Waals surface area contributed by atoms with E-state index in [1.165, 1.54) is 30.3 Å². The van der Waals surface area contributed by atoms with Crippen LogP contribution >= 0.6 is 11.6 Å². The molecule has 1 amide bonds. The third kappa shape index (κ3) is 6.08. The van der Waals surface area contributed by atoms with Crippen LogP contribution in [0.2, 0.25) is 5.02 Å². The highest BCUT2D eigenvalue weighted by molar-refractivity contribution is 6.30. The number of fused-ring (bicyclic) bond motifs is 1. The van der Waals surface area contributed by atoms with E-state index in [0.717, 1.165) is 6.08 Å². The Morgan fingerprint density at radius 2 is 2.00 bits per heavy atom. The molecule has 31 heavy (non-hydrogen) atoms.